The van der Waals surface area contributed by atoms with Gasteiger partial charge in [-0.15, -0.1) is 0 Å². The summed E-state index contributed by atoms with van der Waals surface area (Å²) in [6.45, 7) is 11.4. The molecule has 21 heavy (non-hydrogen) atoms. The molecule has 0 radical (unpaired) electrons. The van der Waals surface area contributed by atoms with Gasteiger partial charge in [0.25, 0.3) is 0 Å². The molecule has 0 unspecified atom stereocenters. The van der Waals surface area contributed by atoms with Crippen molar-refractivity contribution in [3.8, 4) is 0 Å². The van der Waals surface area contributed by atoms with Gasteiger partial charge in [-0.1, -0.05) is 25.1 Å². The van der Waals surface area contributed by atoms with Crippen LogP contribution in [0.25, 0.3) is 0 Å². The first kappa shape index (κ1) is 17.7. The molecule has 0 aliphatic carbocycles. The van der Waals surface area contributed by atoms with Crippen LogP contribution < -0.4 is 5.32 Å². The van der Waals surface area contributed by atoms with Crippen molar-refractivity contribution in [2.75, 3.05) is 25.0 Å². The van der Waals surface area contributed by atoms with Crippen LogP contribution in [0, 0.1) is 5.41 Å². The quantitative estimate of drug-likeness (QED) is 0.812. The number of hydrogen-bond donors (Lipinski definition) is 2. The van der Waals surface area contributed by atoms with Crippen molar-refractivity contribution in [2.24, 2.45) is 5.41 Å². The summed E-state index contributed by atoms with van der Waals surface area (Å²) in [4.78, 5) is 14.6. The van der Waals surface area contributed by atoms with Gasteiger partial charge in [-0.2, -0.15) is 0 Å². The second-order valence-corrected chi connectivity index (χ2v) is 6.82. The van der Waals surface area contributed by atoms with Crippen LogP contribution in [0.15, 0.2) is 30.3 Å². The molecular formula is C17H28N2O2. The van der Waals surface area contributed by atoms with Gasteiger partial charge in [0.1, 0.15) is 0 Å². The van der Waals surface area contributed by atoms with E-state index in [1.54, 1.807) is 13.8 Å². The molecule has 0 spiro atoms. The summed E-state index contributed by atoms with van der Waals surface area (Å²) < 4.78 is 0. The summed E-state index contributed by atoms with van der Waals surface area (Å²) in [6, 6.07) is 9.47. The molecular weight excluding hydrogens is 264 g/mol. The molecule has 1 rings (SSSR count). The Morgan fingerprint density at radius 2 is 1.71 bits per heavy atom. The van der Waals surface area contributed by atoms with Gasteiger partial charge in [0.2, 0.25) is 5.91 Å². The molecule has 4 heteroatoms. The SMILES string of the molecule is CCN(CC(C)(C)O)CC(C)(C)C(=O)Nc1ccccc1. The Labute approximate surface area is 128 Å². The molecule has 2 N–H and O–H groups in total. The van der Waals surface area contributed by atoms with Crippen molar-refractivity contribution in [3.05, 3.63) is 30.3 Å². The molecule has 0 aromatic heterocycles. The molecule has 0 heterocycles. The third-order valence-electron chi connectivity index (χ3n) is 3.32. The van der Waals surface area contributed by atoms with Crippen LogP contribution in [0.1, 0.15) is 34.6 Å². The zero-order valence-corrected chi connectivity index (χ0v) is 13.8. The molecule has 1 aromatic carbocycles. The van der Waals surface area contributed by atoms with Gasteiger partial charge in [0, 0.05) is 18.8 Å². The third kappa shape index (κ3) is 6.27. The number of nitrogens with one attached hydrogen (secondary N) is 1. The van der Waals surface area contributed by atoms with Crippen LogP contribution in [0.2, 0.25) is 0 Å². The summed E-state index contributed by atoms with van der Waals surface area (Å²) in [7, 11) is 0. The number of nitrogens with zero attached hydrogens (tertiary/aromatic N) is 1. The van der Waals surface area contributed by atoms with Gasteiger partial charge >= 0.3 is 0 Å². The Bertz CT molecular complexity index is 450. The maximum Gasteiger partial charge on any atom is 0.231 e. The second-order valence-electron chi connectivity index (χ2n) is 6.82. The number of carbonyl (C=O) groups excluding carboxylic acids is 1. The number of amides is 1. The second kappa shape index (κ2) is 7.05. The van der Waals surface area contributed by atoms with E-state index < -0.39 is 11.0 Å². The fourth-order valence-corrected chi connectivity index (χ4v) is 2.28. The highest BCUT2D eigenvalue weighted by atomic mass is 16.3. The van der Waals surface area contributed by atoms with E-state index in [0.717, 1.165) is 12.2 Å². The minimum atomic E-state index is -0.762. The van der Waals surface area contributed by atoms with Gasteiger partial charge in [-0.05, 0) is 46.4 Å². The molecule has 0 aliphatic rings. The highest BCUT2D eigenvalue weighted by Gasteiger charge is 2.31. The smallest absolute Gasteiger partial charge is 0.231 e. The normalized spacial score (nSPS) is 12.5. The van der Waals surface area contributed by atoms with E-state index in [1.807, 2.05) is 51.1 Å². The maximum atomic E-state index is 12.5. The predicted molar refractivity (Wildman–Crippen MR) is 87.3 cm³/mol. The number of benzene rings is 1. The lowest BCUT2D eigenvalue weighted by molar-refractivity contribution is -0.125. The van der Waals surface area contributed by atoms with Gasteiger partial charge in [0.15, 0.2) is 0 Å². The lowest BCUT2D eigenvalue weighted by atomic mass is 9.90. The van der Waals surface area contributed by atoms with Crippen LogP contribution in [0.4, 0.5) is 5.69 Å². The molecule has 0 saturated heterocycles. The van der Waals surface area contributed by atoms with Crippen LogP contribution in [-0.4, -0.2) is 41.1 Å². The number of aliphatic hydroxyl groups is 1. The standard InChI is InChI=1S/C17H28N2O2/c1-6-19(13-17(4,5)21)12-16(2,3)15(20)18-14-10-8-7-9-11-14/h7-11,21H,6,12-13H2,1-5H3,(H,18,20). The van der Waals surface area contributed by atoms with Gasteiger partial charge in [-0.3, -0.25) is 9.69 Å². The highest BCUT2D eigenvalue weighted by Crippen LogP contribution is 2.21. The molecule has 0 saturated carbocycles. The summed E-state index contributed by atoms with van der Waals surface area (Å²) in [5.74, 6) is -0.0112. The first-order chi connectivity index (χ1) is 9.64. The van der Waals surface area contributed by atoms with Crippen molar-refractivity contribution >= 4 is 11.6 Å². The number of rotatable bonds is 7. The molecule has 0 atom stereocenters. The largest absolute Gasteiger partial charge is 0.389 e. The fraction of sp³-hybridized carbons (Fsp3) is 0.588. The highest BCUT2D eigenvalue weighted by molar-refractivity contribution is 5.94. The lowest BCUT2D eigenvalue weighted by Gasteiger charge is -2.34. The van der Waals surface area contributed by atoms with E-state index >= 15 is 0 Å². The average molecular weight is 292 g/mol. The number of carbonyl (C=O) groups is 1. The molecule has 118 valence electrons. The zero-order chi connectivity index (χ0) is 16.1. The van der Waals surface area contributed by atoms with Crippen molar-refractivity contribution in [1.29, 1.82) is 0 Å². The van der Waals surface area contributed by atoms with Crippen molar-refractivity contribution in [1.82, 2.24) is 4.90 Å². The Kier molecular flexibility index (Phi) is 5.93. The van der Waals surface area contributed by atoms with E-state index in [1.165, 1.54) is 0 Å². The average Bonchev–Trinajstić information content (AvgIpc) is 2.37. The van der Waals surface area contributed by atoms with E-state index in [4.69, 9.17) is 0 Å². The molecule has 0 bridgehead atoms. The lowest BCUT2D eigenvalue weighted by Crippen LogP contribution is -2.46. The number of likely N-dealkylation sites (N-methyl/N-ethyl adjacent to an activating group) is 1. The summed E-state index contributed by atoms with van der Waals surface area (Å²) >= 11 is 0. The zero-order valence-electron chi connectivity index (χ0n) is 13.8. The van der Waals surface area contributed by atoms with Crippen molar-refractivity contribution < 1.29 is 9.90 Å². The van der Waals surface area contributed by atoms with E-state index in [0.29, 0.717) is 13.1 Å². The van der Waals surface area contributed by atoms with Gasteiger partial charge in [0.05, 0.1) is 11.0 Å². The van der Waals surface area contributed by atoms with Gasteiger partial charge in [-0.25, -0.2) is 0 Å². The third-order valence-corrected chi connectivity index (χ3v) is 3.32. The number of para-hydroxylation sites is 1. The topological polar surface area (TPSA) is 52.6 Å². The number of anilines is 1. The van der Waals surface area contributed by atoms with Crippen LogP contribution >= 0.6 is 0 Å². The van der Waals surface area contributed by atoms with E-state index in [9.17, 15) is 9.90 Å². The molecule has 1 aromatic rings. The summed E-state index contributed by atoms with van der Waals surface area (Å²) in [5, 5.41) is 12.9. The van der Waals surface area contributed by atoms with Crippen molar-refractivity contribution in [3.63, 3.8) is 0 Å². The molecule has 0 fully saturated rings. The monoisotopic (exact) mass is 292 g/mol. The van der Waals surface area contributed by atoms with E-state index in [-0.39, 0.29) is 5.91 Å². The van der Waals surface area contributed by atoms with Crippen molar-refractivity contribution in [2.45, 2.75) is 40.2 Å². The van der Waals surface area contributed by atoms with Crippen LogP contribution in [0.5, 0.6) is 0 Å². The Balaban J connectivity index is 2.68. The van der Waals surface area contributed by atoms with Crippen LogP contribution in [-0.2, 0) is 4.79 Å². The van der Waals surface area contributed by atoms with Gasteiger partial charge < -0.3 is 10.4 Å². The number of hydrogen-bond acceptors (Lipinski definition) is 3. The Morgan fingerprint density at radius 1 is 1.14 bits per heavy atom. The first-order valence-corrected chi connectivity index (χ1v) is 7.45. The predicted octanol–water partition coefficient (Wildman–Crippen LogP) is 2.74. The Morgan fingerprint density at radius 3 is 2.19 bits per heavy atom. The maximum absolute atomic E-state index is 12.5. The minimum Gasteiger partial charge on any atom is -0.389 e. The Hall–Kier alpha value is -1.39. The van der Waals surface area contributed by atoms with Crippen LogP contribution in [0.3, 0.4) is 0 Å². The summed E-state index contributed by atoms with van der Waals surface area (Å²) in [5.41, 5.74) is -0.486. The minimum absolute atomic E-state index is 0.0112. The fourth-order valence-electron chi connectivity index (χ4n) is 2.28. The summed E-state index contributed by atoms with van der Waals surface area (Å²) in [6.07, 6.45) is 0. The first-order valence-electron chi connectivity index (χ1n) is 7.45. The molecule has 4 nitrogen and oxygen atoms in total. The molecule has 1 amide bonds. The molecule has 0 aliphatic heterocycles. The van der Waals surface area contributed by atoms with E-state index in [2.05, 4.69) is 10.2 Å².